The second-order valence-corrected chi connectivity index (χ2v) is 10.5. The maximum Gasteiger partial charge on any atom is 0.338 e. The van der Waals surface area contributed by atoms with Gasteiger partial charge in [-0.3, -0.25) is 19.5 Å². The molecule has 0 saturated heterocycles. The highest BCUT2D eigenvalue weighted by Gasteiger charge is 2.34. The summed E-state index contributed by atoms with van der Waals surface area (Å²) in [6, 6.07) is 19.6. The van der Waals surface area contributed by atoms with E-state index < -0.39 is 22.5 Å². The number of methoxy groups -OCH3 is 1. The lowest BCUT2D eigenvalue weighted by molar-refractivity contribution is -0.385. The van der Waals surface area contributed by atoms with Crippen LogP contribution in [0.4, 0.5) is 5.69 Å². The zero-order chi connectivity index (χ0) is 30.5. The van der Waals surface area contributed by atoms with Crippen molar-refractivity contribution in [1.82, 2.24) is 4.57 Å². The molecule has 0 spiro atoms. The Labute approximate surface area is 250 Å². The van der Waals surface area contributed by atoms with E-state index >= 15 is 0 Å². The molecule has 4 aromatic rings. The quantitative estimate of drug-likeness (QED) is 0.115. The number of benzene rings is 3. The summed E-state index contributed by atoms with van der Waals surface area (Å²) in [5, 5.41) is 11.6. The van der Waals surface area contributed by atoms with Gasteiger partial charge in [0.25, 0.3) is 11.2 Å². The summed E-state index contributed by atoms with van der Waals surface area (Å²) < 4.78 is 18.6. The lowest BCUT2D eigenvalue weighted by atomic mass is 9.95. The van der Waals surface area contributed by atoms with Crippen LogP contribution in [0.3, 0.4) is 0 Å². The molecule has 0 aliphatic carbocycles. The average Bonchev–Trinajstić information content (AvgIpc) is 3.32. The van der Waals surface area contributed by atoms with Gasteiger partial charge < -0.3 is 14.2 Å². The summed E-state index contributed by atoms with van der Waals surface area (Å²) >= 11 is 1.08. The Bertz CT molecular complexity index is 1930. The Balaban J connectivity index is 1.66. The van der Waals surface area contributed by atoms with E-state index in [1.807, 2.05) is 30.3 Å². The minimum Gasteiger partial charge on any atom is -0.493 e. The second kappa shape index (κ2) is 12.7. The van der Waals surface area contributed by atoms with Gasteiger partial charge in [-0.05, 0) is 42.3 Å². The Morgan fingerprint density at radius 3 is 2.58 bits per heavy atom. The van der Waals surface area contributed by atoms with Crippen molar-refractivity contribution >= 4 is 29.1 Å². The van der Waals surface area contributed by atoms with Gasteiger partial charge >= 0.3 is 5.97 Å². The highest BCUT2D eigenvalue weighted by atomic mass is 32.1. The average molecular weight is 598 g/mol. The lowest BCUT2D eigenvalue weighted by Crippen LogP contribution is -2.40. The molecule has 0 fully saturated rings. The predicted molar refractivity (Wildman–Crippen MR) is 162 cm³/mol. The summed E-state index contributed by atoms with van der Waals surface area (Å²) in [5.74, 6) is 0.228. The molecule has 43 heavy (non-hydrogen) atoms. The number of fused-ring (bicyclic) bond motifs is 1. The summed E-state index contributed by atoms with van der Waals surface area (Å²) in [6.45, 7) is 5.64. The van der Waals surface area contributed by atoms with Gasteiger partial charge in [0.2, 0.25) is 0 Å². The summed E-state index contributed by atoms with van der Waals surface area (Å²) in [4.78, 5) is 43.7. The van der Waals surface area contributed by atoms with Gasteiger partial charge in [-0.25, -0.2) is 9.79 Å². The largest absolute Gasteiger partial charge is 0.493 e. The Kier molecular flexibility index (Phi) is 8.63. The van der Waals surface area contributed by atoms with Crippen molar-refractivity contribution in [1.29, 1.82) is 0 Å². The first-order chi connectivity index (χ1) is 20.8. The van der Waals surface area contributed by atoms with Gasteiger partial charge in [0, 0.05) is 6.07 Å². The van der Waals surface area contributed by atoms with Crippen molar-refractivity contribution in [3.05, 3.63) is 143 Å². The molecule has 10 nitrogen and oxygen atoms in total. The van der Waals surface area contributed by atoms with Crippen molar-refractivity contribution in [2.45, 2.75) is 19.6 Å². The fourth-order valence-electron chi connectivity index (χ4n) is 4.74. The SMILES string of the molecule is C=CCOc1ccc(C2C(C(=O)OCc3ccccc3)=C(C)N=c3sc(=Cc4ccccc4[N+](=O)[O-])c(=O)n32)cc1OC. The van der Waals surface area contributed by atoms with Crippen molar-refractivity contribution in [3.63, 3.8) is 0 Å². The van der Waals surface area contributed by atoms with Crippen LogP contribution in [0, 0.1) is 10.1 Å². The number of nitro groups is 1. The lowest BCUT2D eigenvalue weighted by Gasteiger charge is -2.25. The number of rotatable bonds is 10. The van der Waals surface area contributed by atoms with Crippen LogP contribution in [-0.2, 0) is 16.1 Å². The molecule has 1 atom stereocenters. The van der Waals surface area contributed by atoms with Gasteiger partial charge in [0.1, 0.15) is 13.2 Å². The molecule has 1 aliphatic heterocycles. The molecule has 5 rings (SSSR count). The third kappa shape index (κ3) is 6.02. The number of para-hydroxylation sites is 1. The van der Waals surface area contributed by atoms with E-state index in [0.29, 0.717) is 27.6 Å². The molecule has 1 aliphatic rings. The zero-order valence-corrected chi connectivity index (χ0v) is 24.2. The van der Waals surface area contributed by atoms with Crippen LogP contribution in [0.2, 0.25) is 0 Å². The number of ether oxygens (including phenoxy) is 3. The minimum atomic E-state index is -0.921. The van der Waals surface area contributed by atoms with Crippen molar-refractivity contribution < 1.29 is 23.9 Å². The first kappa shape index (κ1) is 29.2. The number of aromatic nitrogens is 1. The topological polar surface area (TPSA) is 122 Å². The van der Waals surface area contributed by atoms with Crippen LogP contribution in [0.25, 0.3) is 6.08 Å². The van der Waals surface area contributed by atoms with E-state index in [4.69, 9.17) is 14.2 Å². The first-order valence-electron chi connectivity index (χ1n) is 13.2. The molecule has 3 aromatic carbocycles. The third-order valence-corrected chi connectivity index (χ3v) is 7.72. The number of hydrogen-bond acceptors (Lipinski definition) is 9. The maximum atomic E-state index is 14.0. The van der Waals surface area contributed by atoms with Gasteiger partial charge in [0.05, 0.1) is 39.4 Å². The highest BCUT2D eigenvalue weighted by molar-refractivity contribution is 7.07. The number of carbonyl (C=O) groups excluding carboxylic acids is 1. The summed E-state index contributed by atoms with van der Waals surface area (Å²) in [7, 11) is 1.49. The molecule has 218 valence electrons. The van der Waals surface area contributed by atoms with Gasteiger partial charge in [-0.1, -0.05) is 72.5 Å². The van der Waals surface area contributed by atoms with Crippen LogP contribution in [0.1, 0.15) is 29.7 Å². The fourth-order valence-corrected chi connectivity index (χ4v) is 5.78. The van der Waals surface area contributed by atoms with E-state index in [0.717, 1.165) is 16.9 Å². The Hall–Kier alpha value is -5.29. The molecule has 11 heteroatoms. The number of hydrogen-bond donors (Lipinski definition) is 0. The standard InChI is InChI=1S/C32H27N3O7S/c1-4-16-41-25-15-14-23(17-26(25)40-3)29-28(31(37)42-19-21-10-6-5-7-11-21)20(2)33-32-34(29)30(36)27(43-32)18-22-12-8-9-13-24(22)35(38)39/h4-15,17-18,29H,1,16,19H2,2-3H3. The maximum absolute atomic E-state index is 14.0. The van der Waals surface area contributed by atoms with E-state index in [1.165, 1.54) is 23.8 Å². The van der Waals surface area contributed by atoms with E-state index in [9.17, 15) is 19.7 Å². The van der Waals surface area contributed by atoms with E-state index in [-0.39, 0.29) is 34.6 Å². The number of nitrogens with zero attached hydrogens (tertiary/aromatic N) is 3. The molecule has 0 saturated carbocycles. The highest BCUT2D eigenvalue weighted by Crippen LogP contribution is 2.36. The molecule has 1 aromatic heterocycles. The van der Waals surface area contributed by atoms with Crippen LogP contribution < -0.4 is 24.4 Å². The van der Waals surface area contributed by atoms with E-state index in [1.54, 1.807) is 49.4 Å². The minimum absolute atomic E-state index is 0.0307. The van der Waals surface area contributed by atoms with Gasteiger partial charge in [-0.15, -0.1) is 0 Å². The normalized spacial score (nSPS) is 14.5. The third-order valence-electron chi connectivity index (χ3n) is 6.73. The predicted octanol–water partition coefficient (Wildman–Crippen LogP) is 4.46. The van der Waals surface area contributed by atoms with Crippen molar-refractivity contribution in [3.8, 4) is 11.5 Å². The molecule has 0 amide bonds. The molecular weight excluding hydrogens is 570 g/mol. The zero-order valence-electron chi connectivity index (χ0n) is 23.4. The Morgan fingerprint density at radius 2 is 1.86 bits per heavy atom. The van der Waals surface area contributed by atoms with E-state index in [2.05, 4.69) is 11.6 Å². The van der Waals surface area contributed by atoms with Crippen LogP contribution >= 0.6 is 11.3 Å². The van der Waals surface area contributed by atoms with Crippen LogP contribution in [0.5, 0.6) is 11.5 Å². The number of nitro benzene ring substituents is 1. The smallest absolute Gasteiger partial charge is 0.338 e. The summed E-state index contributed by atoms with van der Waals surface area (Å²) in [6.07, 6.45) is 3.08. The second-order valence-electron chi connectivity index (χ2n) is 9.47. The molecule has 0 bridgehead atoms. The van der Waals surface area contributed by atoms with Crippen LogP contribution in [-0.4, -0.2) is 29.2 Å². The van der Waals surface area contributed by atoms with Gasteiger partial charge in [0.15, 0.2) is 16.3 Å². The molecular formula is C32H27N3O7S. The Morgan fingerprint density at radius 1 is 1.12 bits per heavy atom. The monoisotopic (exact) mass is 597 g/mol. The molecule has 0 N–H and O–H groups in total. The first-order valence-corrected chi connectivity index (χ1v) is 14.0. The molecule has 2 heterocycles. The number of thiazole rings is 1. The summed E-state index contributed by atoms with van der Waals surface area (Å²) in [5.41, 5.74) is 1.61. The van der Waals surface area contributed by atoms with Crippen molar-refractivity contribution in [2.24, 2.45) is 4.99 Å². The van der Waals surface area contributed by atoms with Gasteiger partial charge in [-0.2, -0.15) is 0 Å². The molecule has 0 radical (unpaired) electrons. The molecule has 1 unspecified atom stereocenters. The number of allylic oxidation sites excluding steroid dienone is 1. The van der Waals surface area contributed by atoms with Crippen LogP contribution in [0.15, 0.2) is 107 Å². The fraction of sp³-hybridized carbons (Fsp3) is 0.156. The number of esters is 1. The number of carbonyl (C=O) groups is 1. The van der Waals surface area contributed by atoms with Crippen molar-refractivity contribution in [2.75, 3.05) is 13.7 Å².